The largest absolute Gasteiger partial charge is 0.481 e. The summed E-state index contributed by atoms with van der Waals surface area (Å²) in [5.74, 6) is -0.838. The molecule has 0 aliphatic carbocycles. The van der Waals surface area contributed by atoms with Gasteiger partial charge in [-0.15, -0.1) is 0 Å². The molecule has 2 aromatic rings. The third-order valence-electron chi connectivity index (χ3n) is 3.66. The number of aromatic nitrogens is 1. The Morgan fingerprint density at radius 1 is 1.25 bits per heavy atom. The van der Waals surface area contributed by atoms with Gasteiger partial charge in [-0.2, -0.15) is 0 Å². The number of aliphatic carboxylic acids is 1. The number of halogens is 3. The number of nitrogen functional groups attached to an aromatic ring is 1. The third-order valence-corrected chi connectivity index (χ3v) is 6.75. The minimum atomic E-state index is -0.838. The fourth-order valence-electron chi connectivity index (χ4n) is 2.36. The van der Waals surface area contributed by atoms with Gasteiger partial charge in [0.2, 0.25) is 0 Å². The SMILES string of the molecule is Nc1c(I)cc(I)c(Cc2ccc(C(O)CCCC(=O)O)[nH]2)c1I. The van der Waals surface area contributed by atoms with E-state index >= 15 is 0 Å². The van der Waals surface area contributed by atoms with E-state index in [1.54, 1.807) is 0 Å². The van der Waals surface area contributed by atoms with Crippen LogP contribution >= 0.6 is 67.8 Å². The second-order valence-corrected chi connectivity index (χ2v) is 8.87. The van der Waals surface area contributed by atoms with E-state index in [4.69, 9.17) is 10.8 Å². The van der Waals surface area contributed by atoms with E-state index in [1.165, 1.54) is 5.56 Å². The van der Waals surface area contributed by atoms with Gasteiger partial charge in [-0.3, -0.25) is 4.79 Å². The summed E-state index contributed by atoms with van der Waals surface area (Å²) in [5.41, 5.74) is 9.81. The fraction of sp³-hybridized carbons (Fsp3) is 0.312. The topological polar surface area (TPSA) is 99.3 Å². The van der Waals surface area contributed by atoms with Gasteiger partial charge in [0.05, 0.1) is 11.8 Å². The Morgan fingerprint density at radius 2 is 1.96 bits per heavy atom. The molecule has 1 unspecified atom stereocenters. The van der Waals surface area contributed by atoms with Crippen LogP contribution in [0.15, 0.2) is 18.2 Å². The number of carboxylic acids is 1. The summed E-state index contributed by atoms with van der Waals surface area (Å²) in [7, 11) is 0. The normalized spacial score (nSPS) is 12.3. The Kier molecular flexibility index (Phi) is 7.61. The number of nitrogens with two attached hydrogens (primary N) is 1. The van der Waals surface area contributed by atoms with Gasteiger partial charge in [-0.05, 0) is 104 Å². The molecule has 0 spiro atoms. The van der Waals surface area contributed by atoms with Crippen LogP contribution in [0.2, 0.25) is 0 Å². The van der Waals surface area contributed by atoms with Crippen LogP contribution in [0.3, 0.4) is 0 Å². The van der Waals surface area contributed by atoms with Gasteiger partial charge >= 0.3 is 5.97 Å². The maximum atomic E-state index is 10.5. The van der Waals surface area contributed by atoms with Crippen molar-refractivity contribution in [3.8, 4) is 0 Å². The summed E-state index contributed by atoms with van der Waals surface area (Å²) in [4.78, 5) is 13.8. The van der Waals surface area contributed by atoms with E-state index in [2.05, 4.69) is 78.8 Å². The van der Waals surface area contributed by atoms with Gasteiger partial charge in [-0.1, -0.05) is 0 Å². The van der Waals surface area contributed by atoms with Crippen LogP contribution in [0, 0.1) is 10.7 Å². The fourth-order valence-corrected chi connectivity index (χ4v) is 6.11. The number of carboxylic acid groups (broad SMARTS) is 1. The number of aromatic amines is 1. The predicted octanol–water partition coefficient (Wildman–Crippen LogP) is 4.29. The summed E-state index contributed by atoms with van der Waals surface area (Å²) in [6.07, 6.45) is 0.993. The van der Waals surface area contributed by atoms with Crippen molar-refractivity contribution in [2.24, 2.45) is 0 Å². The number of hydrogen-bond acceptors (Lipinski definition) is 3. The molecule has 8 heteroatoms. The lowest BCUT2D eigenvalue weighted by Gasteiger charge is -2.12. The molecule has 0 amide bonds. The highest BCUT2D eigenvalue weighted by Gasteiger charge is 2.15. The minimum Gasteiger partial charge on any atom is -0.481 e. The summed E-state index contributed by atoms with van der Waals surface area (Å²) >= 11 is 6.83. The molecule has 5 N–H and O–H groups in total. The average Bonchev–Trinajstić information content (AvgIpc) is 2.98. The summed E-state index contributed by atoms with van der Waals surface area (Å²) in [6, 6.07) is 5.88. The highest BCUT2D eigenvalue weighted by Crippen LogP contribution is 2.31. The number of hydrogen-bond donors (Lipinski definition) is 4. The molecule has 1 aromatic heterocycles. The Labute approximate surface area is 181 Å². The zero-order chi connectivity index (χ0) is 17.9. The van der Waals surface area contributed by atoms with Crippen LogP contribution in [-0.4, -0.2) is 21.2 Å². The Morgan fingerprint density at radius 3 is 2.62 bits per heavy atom. The first kappa shape index (κ1) is 20.2. The highest BCUT2D eigenvalue weighted by atomic mass is 127. The number of benzene rings is 1. The van der Waals surface area contributed by atoms with Crippen LogP contribution < -0.4 is 5.73 Å². The lowest BCUT2D eigenvalue weighted by molar-refractivity contribution is -0.137. The molecule has 0 bridgehead atoms. The van der Waals surface area contributed by atoms with E-state index in [0.717, 1.165) is 27.8 Å². The molecule has 2 rings (SSSR count). The van der Waals surface area contributed by atoms with Gasteiger partial charge in [0, 0.05) is 34.9 Å². The number of aliphatic hydroxyl groups is 1. The first-order valence-electron chi connectivity index (χ1n) is 7.29. The van der Waals surface area contributed by atoms with Gasteiger partial charge in [-0.25, -0.2) is 0 Å². The first-order valence-corrected chi connectivity index (χ1v) is 10.5. The van der Waals surface area contributed by atoms with E-state index in [0.29, 0.717) is 19.3 Å². The number of rotatable bonds is 7. The Balaban J connectivity index is 2.09. The van der Waals surface area contributed by atoms with E-state index in [9.17, 15) is 9.90 Å². The second kappa shape index (κ2) is 9.03. The molecule has 0 saturated heterocycles. The molecular weight excluding hydrogens is 649 g/mol. The lowest BCUT2D eigenvalue weighted by Crippen LogP contribution is -2.04. The van der Waals surface area contributed by atoms with Crippen molar-refractivity contribution >= 4 is 79.4 Å². The summed E-state index contributed by atoms with van der Waals surface area (Å²) in [5, 5.41) is 18.8. The van der Waals surface area contributed by atoms with E-state index in [-0.39, 0.29) is 6.42 Å². The molecule has 0 fully saturated rings. The van der Waals surface area contributed by atoms with Crippen LogP contribution in [0.25, 0.3) is 0 Å². The molecule has 130 valence electrons. The molecule has 0 aliphatic heterocycles. The number of carbonyl (C=O) groups is 1. The highest BCUT2D eigenvalue weighted by molar-refractivity contribution is 14.1. The maximum absolute atomic E-state index is 10.5. The molecular formula is C16H17I3N2O3. The number of anilines is 1. The second-order valence-electron chi connectivity index (χ2n) is 5.46. The number of aliphatic hydroxyl groups excluding tert-OH is 1. The molecule has 24 heavy (non-hydrogen) atoms. The number of H-pyrrole nitrogens is 1. The number of nitrogens with one attached hydrogen (secondary N) is 1. The maximum Gasteiger partial charge on any atom is 0.303 e. The van der Waals surface area contributed by atoms with E-state index < -0.39 is 12.1 Å². The molecule has 1 heterocycles. The molecule has 1 atom stereocenters. The average molecular weight is 666 g/mol. The Bertz CT molecular complexity index is 746. The molecule has 5 nitrogen and oxygen atoms in total. The molecule has 0 saturated carbocycles. The van der Waals surface area contributed by atoms with Crippen LogP contribution in [0.1, 0.15) is 42.3 Å². The van der Waals surface area contributed by atoms with Gasteiger partial charge in [0.25, 0.3) is 0 Å². The van der Waals surface area contributed by atoms with Crippen LogP contribution in [0.4, 0.5) is 5.69 Å². The van der Waals surface area contributed by atoms with Gasteiger partial charge in [0.1, 0.15) is 0 Å². The van der Waals surface area contributed by atoms with Crippen LogP contribution in [0.5, 0.6) is 0 Å². The van der Waals surface area contributed by atoms with Crippen molar-refractivity contribution in [3.63, 3.8) is 0 Å². The minimum absolute atomic E-state index is 0.0724. The quantitative estimate of drug-likeness (QED) is 0.262. The molecule has 1 aromatic carbocycles. The molecule has 0 aliphatic rings. The monoisotopic (exact) mass is 666 g/mol. The van der Waals surface area contributed by atoms with Gasteiger partial charge in [0.15, 0.2) is 0 Å². The first-order chi connectivity index (χ1) is 11.3. The smallest absolute Gasteiger partial charge is 0.303 e. The standard InChI is InChI=1S/C16H17I3N2O3/c17-10-7-11(18)16(20)15(19)9(10)6-8-4-5-12(21-8)13(22)2-1-3-14(23)24/h4-5,7,13,21-22H,1-3,6,20H2,(H,23,24). The Hall–Kier alpha value is -0.0800. The summed E-state index contributed by atoms with van der Waals surface area (Å²) in [6.45, 7) is 0. The van der Waals surface area contributed by atoms with Crippen molar-refractivity contribution in [1.82, 2.24) is 4.98 Å². The van der Waals surface area contributed by atoms with E-state index in [1.807, 2.05) is 12.1 Å². The predicted molar refractivity (Wildman–Crippen MR) is 119 cm³/mol. The zero-order valence-electron chi connectivity index (χ0n) is 12.7. The third kappa shape index (κ3) is 5.21. The van der Waals surface area contributed by atoms with Crippen molar-refractivity contribution in [2.75, 3.05) is 5.73 Å². The van der Waals surface area contributed by atoms with Crippen molar-refractivity contribution in [2.45, 2.75) is 31.8 Å². The van der Waals surface area contributed by atoms with Crippen molar-refractivity contribution in [3.05, 3.63) is 45.9 Å². The lowest BCUT2D eigenvalue weighted by atomic mass is 10.1. The van der Waals surface area contributed by atoms with Crippen molar-refractivity contribution < 1.29 is 15.0 Å². The zero-order valence-corrected chi connectivity index (χ0v) is 19.1. The summed E-state index contributed by atoms with van der Waals surface area (Å²) < 4.78 is 3.27. The van der Waals surface area contributed by atoms with Crippen molar-refractivity contribution in [1.29, 1.82) is 0 Å². The van der Waals surface area contributed by atoms with Crippen LogP contribution in [-0.2, 0) is 11.2 Å². The van der Waals surface area contributed by atoms with Gasteiger partial charge < -0.3 is 20.9 Å². The molecule has 0 radical (unpaired) electrons.